The van der Waals surface area contributed by atoms with Gasteiger partial charge < -0.3 is 10.3 Å². The molecule has 2 aromatic carbocycles. The predicted molar refractivity (Wildman–Crippen MR) is 111 cm³/mol. The second kappa shape index (κ2) is 9.40. The summed E-state index contributed by atoms with van der Waals surface area (Å²) in [6.45, 7) is 0. The number of rotatable bonds is 4. The molecule has 1 unspecified atom stereocenters. The molecule has 0 aliphatic rings. The Labute approximate surface area is 206 Å². The van der Waals surface area contributed by atoms with Crippen LogP contribution in [0.4, 0.5) is 49.6 Å². The molecule has 0 bridgehead atoms. The molecule has 5 nitrogen and oxygen atoms in total. The van der Waals surface area contributed by atoms with Crippen molar-refractivity contribution in [2.24, 2.45) is 0 Å². The molecule has 0 aliphatic heterocycles. The van der Waals surface area contributed by atoms with E-state index < -0.39 is 84.2 Å². The second-order valence-electron chi connectivity index (χ2n) is 7.18. The third kappa shape index (κ3) is 5.09. The van der Waals surface area contributed by atoms with Crippen LogP contribution in [0.2, 0.25) is 5.02 Å². The van der Waals surface area contributed by atoms with E-state index in [1.807, 2.05) is 0 Å². The molecule has 0 radical (unpaired) electrons. The molecule has 0 aliphatic carbocycles. The molecule has 3 aromatic rings. The zero-order valence-corrected chi connectivity index (χ0v) is 18.9. The summed E-state index contributed by atoms with van der Waals surface area (Å²) in [6, 6.07) is 5.20. The molecular weight excluding hydrogens is 574 g/mol. The minimum Gasteiger partial charge on any atom is -0.751 e. The Bertz CT molecular complexity index is 1380. The third-order valence-electron chi connectivity index (χ3n) is 4.86. The van der Waals surface area contributed by atoms with Crippen LogP contribution in [-0.2, 0) is 16.5 Å². The van der Waals surface area contributed by atoms with Gasteiger partial charge in [-0.05, 0) is 30.3 Å². The molecule has 0 spiro atoms. The first kappa shape index (κ1) is 28.6. The van der Waals surface area contributed by atoms with Crippen molar-refractivity contribution >= 4 is 44.9 Å². The number of anilines is 1. The summed E-state index contributed by atoms with van der Waals surface area (Å²) in [7, 11) is -4.53. The Morgan fingerprint density at radius 1 is 0.919 bits per heavy atom. The van der Waals surface area contributed by atoms with Crippen LogP contribution in [0.15, 0.2) is 53.6 Å². The first-order chi connectivity index (χ1) is 16.8. The molecule has 1 aromatic heterocycles. The lowest BCUT2D eigenvalue weighted by atomic mass is 9.94. The van der Waals surface area contributed by atoms with E-state index in [-0.39, 0.29) is 5.52 Å². The van der Waals surface area contributed by atoms with Crippen molar-refractivity contribution in [1.82, 2.24) is 4.98 Å². The van der Waals surface area contributed by atoms with Gasteiger partial charge in [0.1, 0.15) is 0 Å². The highest BCUT2D eigenvalue weighted by Gasteiger charge is 2.73. The monoisotopic (exact) mass is 581 g/mol. The number of alkyl halides is 10. The van der Waals surface area contributed by atoms with Crippen LogP contribution in [0.3, 0.4) is 0 Å². The molecule has 0 N–H and O–H groups in total. The van der Waals surface area contributed by atoms with Gasteiger partial charge in [0, 0.05) is 22.7 Å². The average molecular weight is 582 g/mol. The van der Waals surface area contributed by atoms with Crippen molar-refractivity contribution in [2.75, 3.05) is 5.06 Å². The maximum absolute atomic E-state index is 14.5. The molecule has 200 valence electrons. The van der Waals surface area contributed by atoms with E-state index in [4.69, 9.17) is 11.6 Å². The third-order valence-corrected chi connectivity index (χ3v) is 6.28. The lowest BCUT2D eigenvalue weighted by molar-refractivity contribution is -0.348. The van der Waals surface area contributed by atoms with Crippen LogP contribution in [0.1, 0.15) is 15.9 Å². The fraction of sp³-hybridized carbons (Fsp3) is 0.200. The number of halogens is 11. The SMILES string of the molecule is O=C(c1ccc2cccnc2c1)N([O-])c1c(Cl)cc(C(F)(C(F)(F)F)C(F)(F)F)cc1S(=O)C(F)(F)F. The minimum atomic E-state index is -6.77. The number of benzene rings is 2. The van der Waals surface area contributed by atoms with Gasteiger partial charge in [0.2, 0.25) is 5.91 Å². The van der Waals surface area contributed by atoms with Gasteiger partial charge in [0.15, 0.2) is 10.8 Å². The van der Waals surface area contributed by atoms with E-state index in [0.29, 0.717) is 5.39 Å². The van der Waals surface area contributed by atoms with Gasteiger partial charge in [-0.25, -0.2) is 8.60 Å². The first-order valence-corrected chi connectivity index (χ1v) is 10.8. The van der Waals surface area contributed by atoms with E-state index in [2.05, 4.69) is 4.98 Å². The first-order valence-electron chi connectivity index (χ1n) is 9.32. The van der Waals surface area contributed by atoms with Crippen molar-refractivity contribution in [3.63, 3.8) is 0 Å². The van der Waals surface area contributed by atoms with Crippen LogP contribution in [0.5, 0.6) is 0 Å². The Morgan fingerprint density at radius 2 is 1.51 bits per heavy atom. The number of carbonyl (C=O) groups excluding carboxylic acids is 1. The van der Waals surface area contributed by atoms with Crippen molar-refractivity contribution in [1.29, 1.82) is 0 Å². The van der Waals surface area contributed by atoms with E-state index in [1.165, 1.54) is 24.4 Å². The molecule has 1 atom stereocenters. The predicted octanol–water partition coefficient (Wildman–Crippen LogP) is 6.95. The van der Waals surface area contributed by atoms with Crippen LogP contribution in [0.25, 0.3) is 10.9 Å². The summed E-state index contributed by atoms with van der Waals surface area (Å²) in [5.41, 5.74) is -16.8. The quantitative estimate of drug-likeness (QED) is 0.247. The smallest absolute Gasteiger partial charge is 0.475 e. The number of hydrogen-bond acceptors (Lipinski definition) is 4. The topological polar surface area (TPSA) is 73.3 Å². The summed E-state index contributed by atoms with van der Waals surface area (Å²) < 4.78 is 145. The van der Waals surface area contributed by atoms with E-state index in [9.17, 15) is 58.1 Å². The zero-order valence-electron chi connectivity index (χ0n) is 17.3. The molecule has 0 saturated carbocycles. The highest BCUT2D eigenvalue weighted by molar-refractivity contribution is 7.86. The number of pyridine rings is 1. The Morgan fingerprint density at radius 3 is 2.05 bits per heavy atom. The lowest BCUT2D eigenvalue weighted by Crippen LogP contribution is -2.50. The molecule has 0 saturated heterocycles. The van der Waals surface area contributed by atoms with Crippen LogP contribution < -0.4 is 5.06 Å². The summed E-state index contributed by atoms with van der Waals surface area (Å²) in [6.07, 6.45) is -12.2. The Kier molecular flexibility index (Phi) is 7.26. The number of amides is 1. The molecule has 1 amide bonds. The van der Waals surface area contributed by atoms with Crippen molar-refractivity contribution in [3.05, 3.63) is 70.0 Å². The fourth-order valence-corrected chi connectivity index (χ4v) is 4.35. The maximum Gasteiger partial charge on any atom is 0.475 e. The number of aromatic nitrogens is 1. The zero-order chi connectivity index (χ0) is 28.1. The normalized spacial score (nSPS) is 14.1. The Hall–Kier alpha value is -2.98. The van der Waals surface area contributed by atoms with E-state index >= 15 is 0 Å². The highest BCUT2D eigenvalue weighted by atomic mass is 35.5. The number of hydrogen-bond donors (Lipinski definition) is 0. The fourth-order valence-electron chi connectivity index (χ4n) is 3.14. The van der Waals surface area contributed by atoms with Gasteiger partial charge in [0.25, 0.3) is 0 Å². The lowest BCUT2D eigenvalue weighted by Gasteiger charge is -2.34. The van der Waals surface area contributed by atoms with Crippen molar-refractivity contribution in [3.8, 4) is 0 Å². The Balaban J connectivity index is 2.26. The number of hydroxylamine groups is 1. The number of carbonyl (C=O) groups is 1. The molecule has 37 heavy (non-hydrogen) atoms. The minimum absolute atomic E-state index is 0.125. The molecule has 17 heteroatoms. The molecule has 1 heterocycles. The molecule has 0 fully saturated rings. The van der Waals surface area contributed by atoms with Crippen molar-refractivity contribution in [2.45, 2.75) is 28.4 Å². The van der Waals surface area contributed by atoms with Crippen LogP contribution in [-0.4, -0.2) is 33.0 Å². The van der Waals surface area contributed by atoms with Gasteiger partial charge in [-0.2, -0.15) is 39.5 Å². The molecular formula is C20H8ClF10N2O3S-. The van der Waals surface area contributed by atoms with E-state index in [0.717, 1.165) is 12.1 Å². The van der Waals surface area contributed by atoms with Gasteiger partial charge in [0.05, 0.1) is 21.1 Å². The second-order valence-corrected chi connectivity index (χ2v) is 9.03. The van der Waals surface area contributed by atoms with Gasteiger partial charge >= 0.3 is 23.5 Å². The van der Waals surface area contributed by atoms with Gasteiger partial charge in [-0.3, -0.25) is 9.78 Å². The van der Waals surface area contributed by atoms with Gasteiger partial charge in [-0.15, -0.1) is 0 Å². The molecule has 3 rings (SSSR count). The summed E-state index contributed by atoms with van der Waals surface area (Å²) >= 11 is 5.55. The largest absolute Gasteiger partial charge is 0.751 e. The average Bonchev–Trinajstić information content (AvgIpc) is 2.79. The van der Waals surface area contributed by atoms with Gasteiger partial charge in [-0.1, -0.05) is 23.7 Å². The van der Waals surface area contributed by atoms with Crippen LogP contribution in [0, 0.1) is 5.21 Å². The maximum atomic E-state index is 14.5. The van der Waals surface area contributed by atoms with Crippen LogP contribution >= 0.6 is 11.6 Å². The summed E-state index contributed by atoms with van der Waals surface area (Å²) in [4.78, 5) is 14.5. The summed E-state index contributed by atoms with van der Waals surface area (Å²) in [5, 5.41) is 10.6. The summed E-state index contributed by atoms with van der Waals surface area (Å²) in [5.74, 6) is -1.69. The number of fused-ring (bicyclic) bond motifs is 1. The van der Waals surface area contributed by atoms with E-state index in [1.54, 1.807) is 0 Å². The standard InChI is InChI=1S/C20H8ClF10N2O3S/c21-12-7-11(17(22,18(23,24)25)19(26,27)28)8-14(37(36)20(29,30)31)15(12)33(35)16(34)10-4-3-9-2-1-5-32-13(9)6-10/h1-8H/q-1. The van der Waals surface area contributed by atoms with Crippen molar-refractivity contribution < 1.29 is 52.9 Å². The number of nitrogens with zero attached hydrogens (tertiary/aromatic N) is 2. The highest BCUT2D eigenvalue weighted by Crippen LogP contribution is 2.55.